The van der Waals surface area contributed by atoms with Crippen molar-refractivity contribution < 1.29 is 9.18 Å². The van der Waals surface area contributed by atoms with Crippen LogP contribution in [-0.2, 0) is 13.1 Å². The summed E-state index contributed by atoms with van der Waals surface area (Å²) in [5.41, 5.74) is 7.07. The van der Waals surface area contributed by atoms with Gasteiger partial charge in [-0.25, -0.2) is 4.39 Å². The van der Waals surface area contributed by atoms with Gasteiger partial charge in [0.25, 0.3) is 5.91 Å². The predicted octanol–water partition coefficient (Wildman–Crippen LogP) is 1.61. The molecule has 0 fully saturated rings. The summed E-state index contributed by atoms with van der Waals surface area (Å²) >= 11 is 0. The van der Waals surface area contributed by atoms with Crippen LogP contribution in [0.2, 0.25) is 0 Å². The van der Waals surface area contributed by atoms with Gasteiger partial charge in [0.05, 0.1) is 0 Å². The molecule has 19 heavy (non-hydrogen) atoms. The van der Waals surface area contributed by atoms with Crippen molar-refractivity contribution in [2.75, 3.05) is 0 Å². The summed E-state index contributed by atoms with van der Waals surface area (Å²) in [5, 5.41) is 2.66. The van der Waals surface area contributed by atoms with Gasteiger partial charge in [-0.05, 0) is 23.8 Å². The number of carbonyl (C=O) groups excluding carboxylic acids is 1. The molecule has 0 aliphatic carbocycles. The van der Waals surface area contributed by atoms with Crippen LogP contribution in [0.5, 0.6) is 0 Å². The predicted molar refractivity (Wildman–Crippen MR) is 69.7 cm³/mol. The van der Waals surface area contributed by atoms with Crippen molar-refractivity contribution in [3.05, 3.63) is 65.2 Å². The third-order valence-corrected chi connectivity index (χ3v) is 2.74. The monoisotopic (exact) mass is 259 g/mol. The van der Waals surface area contributed by atoms with Crippen LogP contribution < -0.4 is 11.1 Å². The van der Waals surface area contributed by atoms with E-state index in [2.05, 4.69) is 10.3 Å². The van der Waals surface area contributed by atoms with E-state index in [0.29, 0.717) is 17.7 Å². The van der Waals surface area contributed by atoms with Gasteiger partial charge in [-0.1, -0.05) is 12.1 Å². The van der Waals surface area contributed by atoms with Crippen LogP contribution in [-0.4, -0.2) is 10.9 Å². The van der Waals surface area contributed by atoms with Crippen LogP contribution in [0.3, 0.4) is 0 Å². The maximum atomic E-state index is 13.7. The zero-order chi connectivity index (χ0) is 13.7. The van der Waals surface area contributed by atoms with Crippen LogP contribution in [0.15, 0.2) is 42.7 Å². The summed E-state index contributed by atoms with van der Waals surface area (Å²) in [5.74, 6) is -0.623. The van der Waals surface area contributed by atoms with Gasteiger partial charge in [0.1, 0.15) is 5.82 Å². The largest absolute Gasteiger partial charge is 0.348 e. The molecule has 0 atom stereocenters. The molecule has 1 amide bonds. The second-order valence-electron chi connectivity index (χ2n) is 4.05. The first kappa shape index (κ1) is 13.2. The lowest BCUT2D eigenvalue weighted by atomic mass is 10.1. The Bertz CT molecular complexity index is 572. The molecule has 0 spiro atoms. The Morgan fingerprint density at radius 3 is 2.63 bits per heavy atom. The molecular formula is C14H14FN3O. The number of carbonyl (C=O) groups is 1. The number of amides is 1. The van der Waals surface area contributed by atoms with Crippen molar-refractivity contribution in [3.8, 4) is 0 Å². The average Bonchev–Trinajstić information content (AvgIpc) is 2.46. The smallest absolute Gasteiger partial charge is 0.251 e. The van der Waals surface area contributed by atoms with E-state index in [1.807, 2.05) is 0 Å². The molecular weight excluding hydrogens is 245 g/mol. The van der Waals surface area contributed by atoms with Crippen molar-refractivity contribution in [1.29, 1.82) is 0 Å². The number of nitrogens with zero attached hydrogens (tertiary/aromatic N) is 1. The van der Waals surface area contributed by atoms with E-state index in [1.165, 1.54) is 18.5 Å². The van der Waals surface area contributed by atoms with Gasteiger partial charge in [0.15, 0.2) is 0 Å². The summed E-state index contributed by atoms with van der Waals surface area (Å²) in [7, 11) is 0. The number of pyridine rings is 1. The van der Waals surface area contributed by atoms with Crippen molar-refractivity contribution in [2.24, 2.45) is 5.73 Å². The number of nitrogens with two attached hydrogens (primary N) is 1. The Morgan fingerprint density at radius 2 is 2.00 bits per heavy atom. The van der Waals surface area contributed by atoms with Gasteiger partial charge >= 0.3 is 0 Å². The molecule has 0 saturated carbocycles. The van der Waals surface area contributed by atoms with Gasteiger partial charge < -0.3 is 11.1 Å². The van der Waals surface area contributed by atoms with E-state index in [-0.39, 0.29) is 18.3 Å². The third-order valence-electron chi connectivity index (χ3n) is 2.74. The Hall–Kier alpha value is -2.27. The van der Waals surface area contributed by atoms with E-state index >= 15 is 0 Å². The Labute approximate surface area is 110 Å². The number of halogens is 1. The minimum atomic E-state index is -0.363. The summed E-state index contributed by atoms with van der Waals surface area (Å²) in [6, 6.07) is 7.96. The molecule has 1 aromatic carbocycles. The van der Waals surface area contributed by atoms with Gasteiger partial charge in [-0.15, -0.1) is 0 Å². The van der Waals surface area contributed by atoms with E-state index < -0.39 is 0 Å². The van der Waals surface area contributed by atoms with Gasteiger partial charge in [-0.2, -0.15) is 0 Å². The topological polar surface area (TPSA) is 68.0 Å². The van der Waals surface area contributed by atoms with Gasteiger partial charge in [0.2, 0.25) is 0 Å². The average molecular weight is 259 g/mol. The molecule has 0 bridgehead atoms. The van der Waals surface area contributed by atoms with E-state index in [0.717, 1.165) is 5.56 Å². The van der Waals surface area contributed by atoms with Crippen molar-refractivity contribution >= 4 is 5.91 Å². The highest BCUT2D eigenvalue weighted by atomic mass is 19.1. The third kappa shape index (κ3) is 3.35. The molecule has 4 nitrogen and oxygen atoms in total. The molecule has 0 aliphatic rings. The van der Waals surface area contributed by atoms with Crippen LogP contribution in [0.25, 0.3) is 0 Å². The van der Waals surface area contributed by atoms with Crippen LogP contribution in [0.4, 0.5) is 4.39 Å². The van der Waals surface area contributed by atoms with Crippen molar-refractivity contribution in [1.82, 2.24) is 10.3 Å². The number of hydrogen-bond donors (Lipinski definition) is 2. The summed E-state index contributed by atoms with van der Waals surface area (Å²) < 4.78 is 13.7. The fourth-order valence-electron chi connectivity index (χ4n) is 1.64. The molecule has 5 heteroatoms. The lowest BCUT2D eigenvalue weighted by Gasteiger charge is -2.07. The summed E-state index contributed by atoms with van der Waals surface area (Å²) in [6.45, 7) is 0.429. The zero-order valence-corrected chi connectivity index (χ0v) is 10.3. The minimum absolute atomic E-state index is 0.137. The lowest BCUT2D eigenvalue weighted by Crippen LogP contribution is -2.23. The first-order valence-corrected chi connectivity index (χ1v) is 5.86. The first-order valence-electron chi connectivity index (χ1n) is 5.86. The number of rotatable bonds is 4. The maximum absolute atomic E-state index is 13.7. The number of aromatic nitrogens is 1. The number of nitrogens with one attached hydrogen (secondary N) is 1. The molecule has 2 aromatic rings. The van der Waals surface area contributed by atoms with Gasteiger partial charge in [0, 0.05) is 36.6 Å². The SMILES string of the molecule is NCc1ccc(CNC(=O)c2ccncc2)c(F)c1. The Morgan fingerprint density at radius 1 is 1.26 bits per heavy atom. The lowest BCUT2D eigenvalue weighted by molar-refractivity contribution is 0.0950. The Kier molecular flexibility index (Phi) is 4.20. The van der Waals surface area contributed by atoms with E-state index in [1.54, 1.807) is 24.3 Å². The van der Waals surface area contributed by atoms with Crippen molar-refractivity contribution in [3.63, 3.8) is 0 Å². The molecule has 1 aromatic heterocycles. The molecule has 98 valence electrons. The number of hydrogen-bond acceptors (Lipinski definition) is 3. The molecule has 0 saturated heterocycles. The van der Waals surface area contributed by atoms with Crippen LogP contribution >= 0.6 is 0 Å². The summed E-state index contributed by atoms with van der Waals surface area (Å²) in [6.07, 6.45) is 3.07. The minimum Gasteiger partial charge on any atom is -0.348 e. The second kappa shape index (κ2) is 6.06. The summed E-state index contributed by atoms with van der Waals surface area (Å²) in [4.78, 5) is 15.6. The maximum Gasteiger partial charge on any atom is 0.251 e. The highest BCUT2D eigenvalue weighted by Gasteiger charge is 2.07. The first-order chi connectivity index (χ1) is 9.20. The second-order valence-corrected chi connectivity index (χ2v) is 4.05. The Balaban J connectivity index is 2.01. The van der Waals surface area contributed by atoms with E-state index in [4.69, 9.17) is 5.73 Å². The van der Waals surface area contributed by atoms with Gasteiger partial charge in [-0.3, -0.25) is 9.78 Å². The molecule has 0 aliphatic heterocycles. The highest BCUT2D eigenvalue weighted by molar-refractivity contribution is 5.93. The van der Waals surface area contributed by atoms with Crippen LogP contribution in [0.1, 0.15) is 21.5 Å². The van der Waals surface area contributed by atoms with Crippen LogP contribution in [0, 0.1) is 5.82 Å². The molecule has 0 unspecified atom stereocenters. The highest BCUT2D eigenvalue weighted by Crippen LogP contribution is 2.10. The molecule has 1 heterocycles. The zero-order valence-electron chi connectivity index (χ0n) is 10.3. The number of benzene rings is 1. The fourth-order valence-corrected chi connectivity index (χ4v) is 1.64. The molecule has 3 N–H and O–H groups in total. The quantitative estimate of drug-likeness (QED) is 0.876. The van der Waals surface area contributed by atoms with E-state index in [9.17, 15) is 9.18 Å². The normalized spacial score (nSPS) is 10.2. The molecule has 0 radical (unpaired) electrons. The van der Waals surface area contributed by atoms with Crippen molar-refractivity contribution in [2.45, 2.75) is 13.1 Å². The molecule has 2 rings (SSSR count). The fraction of sp³-hybridized carbons (Fsp3) is 0.143. The standard InChI is InChI=1S/C14H14FN3O/c15-13-7-10(8-16)1-2-12(13)9-18-14(19)11-3-5-17-6-4-11/h1-7H,8-9,16H2,(H,18,19).